The van der Waals surface area contributed by atoms with Crippen molar-refractivity contribution in [2.45, 2.75) is 82.4 Å². The Kier molecular flexibility index (Phi) is 12.1. The molecule has 0 radical (unpaired) electrons. The summed E-state index contributed by atoms with van der Waals surface area (Å²) in [6.07, 6.45) is 7.68. The van der Waals surface area contributed by atoms with Crippen LogP contribution >= 0.6 is 0 Å². The first-order valence-corrected chi connectivity index (χ1v) is 15.1. The fraction of sp³-hybridized carbons (Fsp3) is 0.581. The molecule has 10 nitrogen and oxygen atoms in total. The van der Waals surface area contributed by atoms with Gasteiger partial charge in [0.15, 0.2) is 0 Å². The first kappa shape index (κ1) is 30.6. The van der Waals surface area contributed by atoms with E-state index in [0.29, 0.717) is 45.4 Å². The number of aryl methyl sites for hydroxylation is 2. The van der Waals surface area contributed by atoms with Gasteiger partial charge in [-0.05, 0) is 94.5 Å². The van der Waals surface area contributed by atoms with Crippen molar-refractivity contribution in [1.82, 2.24) is 20.5 Å². The number of carbonyl (C=O) groups excluding carboxylic acids is 1. The quantitative estimate of drug-likeness (QED) is 0.206. The minimum absolute atomic E-state index is 0.0418. The summed E-state index contributed by atoms with van der Waals surface area (Å²) in [5.74, 6) is 0.772. The van der Waals surface area contributed by atoms with Gasteiger partial charge in [0.25, 0.3) is 0 Å². The summed E-state index contributed by atoms with van der Waals surface area (Å²) >= 11 is 0. The lowest BCUT2D eigenvalue weighted by atomic mass is 9.93. The highest BCUT2D eigenvalue weighted by Crippen LogP contribution is 2.21. The van der Waals surface area contributed by atoms with Crippen LogP contribution in [0.2, 0.25) is 0 Å². The zero-order valence-corrected chi connectivity index (χ0v) is 23.9. The smallest absolute Gasteiger partial charge is 0.326 e. The molecule has 2 aliphatic rings. The topological polar surface area (TPSA) is 136 Å². The summed E-state index contributed by atoms with van der Waals surface area (Å²) in [4.78, 5) is 31.5. The number of fused-ring (bicyclic) bond motifs is 1. The summed E-state index contributed by atoms with van der Waals surface area (Å²) in [6.45, 7) is 3.43. The molecule has 2 aromatic rings. The fourth-order valence-electron chi connectivity index (χ4n) is 5.47. The molecule has 1 atom stereocenters. The third-order valence-electron chi connectivity index (χ3n) is 7.90. The third-order valence-corrected chi connectivity index (χ3v) is 7.90. The number of anilines is 1. The van der Waals surface area contributed by atoms with E-state index >= 15 is 0 Å². The molecule has 0 spiro atoms. The monoisotopic (exact) mass is 567 g/mol. The fourth-order valence-corrected chi connectivity index (χ4v) is 5.47. The zero-order valence-electron chi connectivity index (χ0n) is 23.9. The summed E-state index contributed by atoms with van der Waals surface area (Å²) in [5.41, 5.74) is 2.38. The number of urea groups is 1. The second kappa shape index (κ2) is 16.2. The molecule has 1 aromatic carbocycles. The molecule has 0 saturated heterocycles. The Morgan fingerprint density at radius 2 is 1.85 bits per heavy atom. The van der Waals surface area contributed by atoms with Gasteiger partial charge in [0.1, 0.15) is 24.2 Å². The molecule has 1 aliphatic heterocycles. The number of ether oxygens (including phenoxy) is 1. The van der Waals surface area contributed by atoms with Crippen LogP contribution in [0.15, 0.2) is 42.5 Å². The number of unbranched alkanes of at least 4 members (excludes halogenated alkanes) is 1. The number of nitrogens with one attached hydrogen (secondary N) is 3. The predicted molar refractivity (Wildman–Crippen MR) is 158 cm³/mol. The largest absolute Gasteiger partial charge is 0.492 e. The van der Waals surface area contributed by atoms with E-state index in [1.165, 1.54) is 5.56 Å². The van der Waals surface area contributed by atoms with Crippen LogP contribution in [0, 0.1) is 0 Å². The lowest BCUT2D eigenvalue weighted by Crippen LogP contribution is -2.50. The number of aromatic nitrogens is 1. The first-order valence-electron chi connectivity index (χ1n) is 15.1. The van der Waals surface area contributed by atoms with Crippen molar-refractivity contribution in [3.8, 4) is 5.75 Å². The number of carboxylic acids is 1. The van der Waals surface area contributed by atoms with Crippen LogP contribution in [0.25, 0.3) is 0 Å². The summed E-state index contributed by atoms with van der Waals surface area (Å²) in [5, 5.41) is 28.4. The average molecular weight is 568 g/mol. The summed E-state index contributed by atoms with van der Waals surface area (Å²) in [6, 6.07) is 12.5. The number of amides is 2. The van der Waals surface area contributed by atoms with E-state index in [2.05, 4.69) is 33.0 Å². The molecule has 5 N–H and O–H groups in total. The van der Waals surface area contributed by atoms with Gasteiger partial charge in [0, 0.05) is 31.4 Å². The third kappa shape index (κ3) is 10.5. The van der Waals surface area contributed by atoms with Crippen LogP contribution in [0.4, 0.5) is 10.6 Å². The highest BCUT2D eigenvalue weighted by molar-refractivity contribution is 5.82. The Morgan fingerprint density at radius 3 is 2.63 bits per heavy atom. The molecule has 10 heteroatoms. The number of carbonyl (C=O) groups is 2. The number of aliphatic carboxylic acids is 1. The number of benzene rings is 1. The van der Waals surface area contributed by atoms with Crippen LogP contribution in [0.5, 0.6) is 5.75 Å². The van der Waals surface area contributed by atoms with Crippen molar-refractivity contribution < 1.29 is 24.5 Å². The highest BCUT2D eigenvalue weighted by atomic mass is 16.5. The van der Waals surface area contributed by atoms with Gasteiger partial charge in [0.2, 0.25) is 0 Å². The SMILES string of the molecule is O=C(NC1CCC(O)CC1)N[C@@H](CCN(CCCCc1ccc2c(n1)NCCC2)CCOc1ccccc1)C(=O)O. The van der Waals surface area contributed by atoms with E-state index in [1.807, 2.05) is 30.3 Å². The molecular formula is C31H45N5O5. The van der Waals surface area contributed by atoms with Crippen molar-refractivity contribution in [1.29, 1.82) is 0 Å². The van der Waals surface area contributed by atoms with Gasteiger partial charge in [-0.3, -0.25) is 4.90 Å². The molecule has 2 heterocycles. The molecule has 0 bridgehead atoms. The number of hydrogen-bond donors (Lipinski definition) is 5. The summed E-state index contributed by atoms with van der Waals surface area (Å²) in [7, 11) is 0. The van der Waals surface area contributed by atoms with Gasteiger partial charge in [-0.25, -0.2) is 14.6 Å². The van der Waals surface area contributed by atoms with Gasteiger partial charge in [0.05, 0.1) is 6.10 Å². The number of aliphatic hydroxyl groups is 1. The molecule has 41 heavy (non-hydrogen) atoms. The number of nitrogens with zero attached hydrogens (tertiary/aromatic N) is 2. The second-order valence-electron chi connectivity index (χ2n) is 11.1. The van der Waals surface area contributed by atoms with Crippen molar-refractivity contribution in [2.24, 2.45) is 0 Å². The van der Waals surface area contributed by atoms with Crippen molar-refractivity contribution in [3.05, 3.63) is 53.7 Å². The lowest BCUT2D eigenvalue weighted by Gasteiger charge is -2.27. The van der Waals surface area contributed by atoms with E-state index in [0.717, 1.165) is 62.5 Å². The number of aliphatic hydroxyl groups excluding tert-OH is 1. The van der Waals surface area contributed by atoms with Crippen LogP contribution in [-0.4, -0.2) is 83.1 Å². The van der Waals surface area contributed by atoms with Crippen molar-refractivity contribution in [3.63, 3.8) is 0 Å². The lowest BCUT2D eigenvalue weighted by molar-refractivity contribution is -0.139. The molecule has 2 amide bonds. The Labute approximate surface area is 242 Å². The van der Waals surface area contributed by atoms with Gasteiger partial charge in [-0.15, -0.1) is 0 Å². The molecule has 0 unspecified atom stereocenters. The molecule has 224 valence electrons. The first-order chi connectivity index (χ1) is 20.0. The van der Waals surface area contributed by atoms with E-state index in [1.54, 1.807) is 0 Å². The van der Waals surface area contributed by atoms with E-state index in [9.17, 15) is 19.8 Å². The van der Waals surface area contributed by atoms with E-state index < -0.39 is 18.0 Å². The van der Waals surface area contributed by atoms with Crippen molar-refractivity contribution >= 4 is 17.8 Å². The average Bonchev–Trinajstić information content (AvgIpc) is 2.98. The number of pyridine rings is 1. The number of para-hydroxylation sites is 1. The van der Waals surface area contributed by atoms with E-state index in [4.69, 9.17) is 9.72 Å². The Bertz CT molecular complexity index is 1090. The maximum absolute atomic E-state index is 12.5. The molecular weight excluding hydrogens is 522 g/mol. The Hall–Kier alpha value is -3.37. The molecule has 1 saturated carbocycles. The zero-order chi connectivity index (χ0) is 28.9. The maximum atomic E-state index is 12.5. The number of rotatable bonds is 15. The van der Waals surface area contributed by atoms with Gasteiger partial charge in [-0.2, -0.15) is 0 Å². The maximum Gasteiger partial charge on any atom is 0.326 e. The molecule has 1 fully saturated rings. The van der Waals surface area contributed by atoms with Crippen molar-refractivity contribution in [2.75, 3.05) is 38.1 Å². The molecule has 1 aromatic heterocycles. The minimum Gasteiger partial charge on any atom is -0.492 e. The van der Waals surface area contributed by atoms with Crippen LogP contribution < -0.4 is 20.7 Å². The molecule has 1 aliphatic carbocycles. The second-order valence-corrected chi connectivity index (χ2v) is 11.1. The predicted octanol–water partition coefficient (Wildman–Crippen LogP) is 3.59. The van der Waals surface area contributed by atoms with E-state index in [-0.39, 0.29) is 18.6 Å². The van der Waals surface area contributed by atoms with Gasteiger partial charge in [-0.1, -0.05) is 24.3 Å². The van der Waals surface area contributed by atoms with Crippen LogP contribution in [-0.2, 0) is 17.6 Å². The minimum atomic E-state index is -1.05. The van der Waals surface area contributed by atoms with Gasteiger partial charge >= 0.3 is 12.0 Å². The molecule has 4 rings (SSSR count). The summed E-state index contributed by atoms with van der Waals surface area (Å²) < 4.78 is 5.90. The normalized spacial score (nSPS) is 19.1. The van der Waals surface area contributed by atoms with Crippen LogP contribution in [0.1, 0.15) is 62.6 Å². The highest BCUT2D eigenvalue weighted by Gasteiger charge is 2.25. The Morgan fingerprint density at radius 1 is 1.05 bits per heavy atom. The number of hydrogen-bond acceptors (Lipinski definition) is 7. The van der Waals surface area contributed by atoms with Gasteiger partial charge < -0.3 is 30.9 Å². The number of carboxylic acid groups (broad SMARTS) is 1. The van der Waals surface area contributed by atoms with Crippen LogP contribution in [0.3, 0.4) is 0 Å². The standard InChI is InChI=1S/C31H45N5O5/c37-26-15-13-25(14-16-26)34-31(40)35-28(30(38)39)17-20-36(21-22-41-27-9-2-1-3-10-27)19-5-4-8-24-12-11-23-7-6-18-32-29(23)33-24/h1-3,9-12,25-26,28,37H,4-8,13-22H2,(H,32,33)(H,38,39)(H2,34,35,40)/t25?,26?,28-/m0/s1. The Balaban J connectivity index is 1.25.